The van der Waals surface area contributed by atoms with Crippen LogP contribution in [0.25, 0.3) is 0 Å². The summed E-state index contributed by atoms with van der Waals surface area (Å²) in [5, 5.41) is 32.7. The molecule has 202 valence electrons. The van der Waals surface area contributed by atoms with Gasteiger partial charge in [-0.2, -0.15) is 12.6 Å². The molecule has 6 N–H and O–H groups in total. The molecule has 2 aromatic rings. The number of pyridine rings is 1. The zero-order valence-corrected chi connectivity index (χ0v) is 22.6. The highest BCUT2D eigenvalue weighted by molar-refractivity contribution is 8.26. The third-order valence-electron chi connectivity index (χ3n) is 6.08. The van der Waals surface area contributed by atoms with E-state index >= 15 is 0 Å². The van der Waals surface area contributed by atoms with E-state index in [4.69, 9.17) is 10.8 Å². The lowest BCUT2D eigenvalue weighted by atomic mass is 9.95. The fourth-order valence-corrected chi connectivity index (χ4v) is 4.91. The molecule has 0 saturated carbocycles. The van der Waals surface area contributed by atoms with Gasteiger partial charge in [-0.3, -0.25) is 25.7 Å². The van der Waals surface area contributed by atoms with Crippen molar-refractivity contribution in [2.24, 2.45) is 0 Å². The molecule has 0 spiro atoms. The summed E-state index contributed by atoms with van der Waals surface area (Å²) in [4.78, 5) is 30.3. The Balaban J connectivity index is 0.00000235. The molecule has 0 aliphatic carbocycles. The summed E-state index contributed by atoms with van der Waals surface area (Å²) in [6.45, 7) is 3.55. The maximum absolute atomic E-state index is 13.9. The van der Waals surface area contributed by atoms with Crippen LogP contribution in [0.2, 0.25) is 0 Å². The number of hydrogen-bond donors (Lipinski definition) is 7. The summed E-state index contributed by atoms with van der Waals surface area (Å²) in [6, 6.07) is 2.99. The molecule has 1 saturated heterocycles. The van der Waals surface area contributed by atoms with Gasteiger partial charge >= 0.3 is 0 Å². The Morgan fingerprint density at radius 1 is 1.27 bits per heavy atom. The molecule has 3 rings (SSSR count). The first-order chi connectivity index (χ1) is 17.6. The molecular formula is C24H32F2N6O3S2. The average Bonchev–Trinajstić information content (AvgIpc) is 2.89. The summed E-state index contributed by atoms with van der Waals surface area (Å²) in [7, 11) is 1.76. The first-order valence-corrected chi connectivity index (χ1v) is 13.2. The number of amides is 1. The predicted molar refractivity (Wildman–Crippen MR) is 146 cm³/mol. The molecule has 1 aromatic carbocycles. The number of thioether (sulfide) groups is 1. The summed E-state index contributed by atoms with van der Waals surface area (Å²) in [5.74, 6) is -2.91. The topological polar surface area (TPSA) is 145 Å². The first kappa shape index (κ1) is 30.5. The minimum Gasteiger partial charge on any atom is -0.503 e. The van der Waals surface area contributed by atoms with Crippen molar-refractivity contribution in [2.75, 3.05) is 32.9 Å². The van der Waals surface area contributed by atoms with Gasteiger partial charge in [-0.1, -0.05) is 17.8 Å². The van der Waals surface area contributed by atoms with Crippen molar-refractivity contribution in [1.29, 1.82) is 10.8 Å². The van der Waals surface area contributed by atoms with Crippen LogP contribution < -0.4 is 16.1 Å². The van der Waals surface area contributed by atoms with E-state index < -0.39 is 34.4 Å². The number of aromatic hydroxyl groups is 1. The molecule has 1 aliphatic rings. The quantitative estimate of drug-likeness (QED) is 0.121. The Bertz CT molecular complexity index is 1200. The Hall–Kier alpha value is -2.74. The second-order valence-electron chi connectivity index (χ2n) is 8.10. The van der Waals surface area contributed by atoms with Gasteiger partial charge in [0.25, 0.3) is 5.91 Å². The molecule has 0 radical (unpaired) electrons. The number of thiol groups is 1. The smallest absolute Gasteiger partial charge is 0.275 e. The van der Waals surface area contributed by atoms with Gasteiger partial charge in [0.05, 0.1) is 16.3 Å². The van der Waals surface area contributed by atoms with Crippen LogP contribution in [0.4, 0.5) is 8.78 Å². The van der Waals surface area contributed by atoms with Crippen LogP contribution in [0, 0.1) is 22.5 Å². The number of carbonyl (C=O) groups excluding carboxylic acids is 1. The second-order valence-corrected chi connectivity index (χ2v) is 9.21. The number of H-pyrrole nitrogens is 1. The molecule has 0 bridgehead atoms. The van der Waals surface area contributed by atoms with Crippen molar-refractivity contribution in [3.05, 3.63) is 63.1 Å². The van der Waals surface area contributed by atoms with Crippen LogP contribution in [-0.2, 0) is 6.42 Å². The molecule has 37 heavy (non-hydrogen) atoms. The highest BCUT2D eigenvalue weighted by atomic mass is 32.2. The van der Waals surface area contributed by atoms with Crippen LogP contribution in [0.3, 0.4) is 0 Å². The summed E-state index contributed by atoms with van der Waals surface area (Å²) in [5.41, 5.74) is -2.00. The fourth-order valence-electron chi connectivity index (χ4n) is 4.17. The number of hydrogen-bond acceptors (Lipinski definition) is 9. The Morgan fingerprint density at radius 3 is 2.49 bits per heavy atom. The molecule has 0 atom stereocenters. The van der Waals surface area contributed by atoms with E-state index in [1.165, 1.54) is 6.07 Å². The van der Waals surface area contributed by atoms with Gasteiger partial charge in [0, 0.05) is 25.2 Å². The number of nitrogens with one attached hydrogen (secondary N) is 5. The van der Waals surface area contributed by atoms with E-state index in [-0.39, 0.29) is 33.3 Å². The molecule has 1 aromatic heterocycles. The van der Waals surface area contributed by atoms with Gasteiger partial charge < -0.3 is 20.3 Å². The molecule has 1 fully saturated rings. The van der Waals surface area contributed by atoms with Gasteiger partial charge in [0.15, 0.2) is 11.4 Å². The number of nitrogens with zero attached hydrogens (tertiary/aromatic N) is 1. The first-order valence-electron chi connectivity index (χ1n) is 11.5. The molecule has 2 heterocycles. The largest absolute Gasteiger partial charge is 0.503 e. The maximum atomic E-state index is 13.9. The maximum Gasteiger partial charge on any atom is 0.275 e. The summed E-state index contributed by atoms with van der Waals surface area (Å²) >= 11 is 4.12. The molecule has 9 nitrogen and oxygen atoms in total. The average molecular weight is 555 g/mol. The van der Waals surface area contributed by atoms with Gasteiger partial charge in [-0.15, -0.1) is 0 Å². The van der Waals surface area contributed by atoms with Crippen molar-refractivity contribution in [3.63, 3.8) is 0 Å². The van der Waals surface area contributed by atoms with E-state index in [1.807, 2.05) is 6.92 Å². The minimum absolute atomic E-state index is 0.0745. The molecule has 1 aliphatic heterocycles. The van der Waals surface area contributed by atoms with E-state index in [2.05, 4.69) is 28.2 Å². The lowest BCUT2D eigenvalue weighted by Gasteiger charge is -2.46. The lowest BCUT2D eigenvalue weighted by Crippen LogP contribution is -2.63. The van der Waals surface area contributed by atoms with Crippen LogP contribution in [0.15, 0.2) is 29.2 Å². The Kier molecular flexibility index (Phi) is 11.3. The number of rotatable bonds is 7. The van der Waals surface area contributed by atoms with E-state index in [0.29, 0.717) is 50.3 Å². The van der Waals surface area contributed by atoms with Crippen LogP contribution in [-0.4, -0.2) is 69.6 Å². The van der Waals surface area contributed by atoms with Gasteiger partial charge in [-0.05, 0) is 57.8 Å². The lowest BCUT2D eigenvalue weighted by molar-refractivity contribution is 0.0260. The highest BCUT2D eigenvalue weighted by Gasteiger charge is 2.40. The zero-order chi connectivity index (χ0) is 27.8. The van der Waals surface area contributed by atoms with E-state index in [0.717, 1.165) is 12.3 Å². The van der Waals surface area contributed by atoms with Crippen molar-refractivity contribution in [1.82, 2.24) is 20.5 Å². The molecule has 13 heteroatoms. The number of aromatic nitrogens is 1. The molecule has 1 amide bonds. The number of carbonyl (C=O) groups is 1. The zero-order valence-electron chi connectivity index (χ0n) is 20.9. The number of halogens is 2. The highest BCUT2D eigenvalue weighted by Crippen LogP contribution is 2.26. The standard InChI is InChI=1S/C23H28F2N6O3S.CH4S/c1-3-31(23(28-2)6-8-29-9-7-23)22(34)18-20(33)19(32)15(12-30-18)21(27)35-17(26)10-13-4-5-14(24)11-16(13)25;1-2/h4-5,11-12,26-29,33H,3,6-10H2,1-2H3,(H,30,32);2H,1H3. The van der Waals surface area contributed by atoms with Gasteiger partial charge in [0.2, 0.25) is 5.43 Å². The normalized spacial score (nSPS) is 14.3. The van der Waals surface area contributed by atoms with Crippen LogP contribution in [0.1, 0.15) is 41.4 Å². The van der Waals surface area contributed by atoms with Gasteiger partial charge in [0.1, 0.15) is 16.7 Å². The van der Waals surface area contributed by atoms with Crippen molar-refractivity contribution in [2.45, 2.75) is 31.8 Å². The SMILES string of the molecule is CCN(C(=O)c1[nH]cc(C(=N)SC(=N)Cc2ccc(F)cc2F)c(=O)c1O)C1(NC)CCNCC1.CS. The monoisotopic (exact) mass is 554 g/mol. The summed E-state index contributed by atoms with van der Waals surface area (Å²) in [6.07, 6.45) is 3.93. The fraction of sp³-hybridized carbons (Fsp3) is 0.417. The summed E-state index contributed by atoms with van der Waals surface area (Å²) < 4.78 is 26.9. The Morgan fingerprint density at radius 2 is 1.92 bits per heavy atom. The third-order valence-corrected chi connectivity index (χ3v) is 6.90. The number of aromatic amines is 1. The molecule has 0 unspecified atom stereocenters. The van der Waals surface area contributed by atoms with Crippen LogP contribution >= 0.6 is 24.4 Å². The van der Waals surface area contributed by atoms with Crippen molar-refractivity contribution in [3.8, 4) is 5.75 Å². The molecular weight excluding hydrogens is 522 g/mol. The third kappa shape index (κ3) is 6.98. The van der Waals surface area contributed by atoms with Crippen LogP contribution in [0.5, 0.6) is 5.75 Å². The minimum atomic E-state index is -0.926. The van der Waals surface area contributed by atoms with Crippen molar-refractivity contribution < 1.29 is 18.7 Å². The van der Waals surface area contributed by atoms with Crippen molar-refractivity contribution >= 4 is 40.4 Å². The second kappa shape index (κ2) is 13.7. The predicted octanol–water partition coefficient (Wildman–Crippen LogP) is 2.94. The van der Waals surface area contributed by atoms with Gasteiger partial charge in [-0.25, -0.2) is 8.78 Å². The number of benzene rings is 1. The number of piperidine rings is 1. The van der Waals surface area contributed by atoms with E-state index in [9.17, 15) is 23.5 Å². The van der Waals surface area contributed by atoms with E-state index in [1.54, 1.807) is 18.2 Å². The Labute approximate surface area is 223 Å².